The minimum absolute atomic E-state index is 0.138. The number of amides is 2. The number of terminal acetylenes is 1. The van der Waals surface area contributed by atoms with Crippen molar-refractivity contribution in [2.75, 3.05) is 19.1 Å². The summed E-state index contributed by atoms with van der Waals surface area (Å²) in [5, 5.41) is 2.02. The van der Waals surface area contributed by atoms with Gasteiger partial charge in [-0.2, -0.15) is 0 Å². The lowest BCUT2D eigenvalue weighted by Crippen LogP contribution is -2.46. The number of aromatic nitrogens is 1. The first-order valence-electron chi connectivity index (χ1n) is 11.1. The predicted molar refractivity (Wildman–Crippen MR) is 136 cm³/mol. The number of thiazole rings is 1. The number of likely N-dealkylation sites (tertiary alicyclic amines) is 1. The smallest absolute Gasteiger partial charge is 0.278 e. The number of benzene rings is 2. The highest BCUT2D eigenvalue weighted by Gasteiger charge is 2.49. The molecule has 1 atom stereocenters. The summed E-state index contributed by atoms with van der Waals surface area (Å²) in [5.41, 5.74) is 1.22. The van der Waals surface area contributed by atoms with E-state index in [1.165, 1.54) is 30.5 Å². The molecule has 0 aliphatic carbocycles. The summed E-state index contributed by atoms with van der Waals surface area (Å²) in [6.45, 7) is 4.48. The maximum Gasteiger partial charge on any atom is 0.278 e. The summed E-state index contributed by atoms with van der Waals surface area (Å²) in [6.07, 6.45) is 5.92. The molecule has 2 heterocycles. The Hall–Kier alpha value is -3.83. The van der Waals surface area contributed by atoms with Crippen molar-refractivity contribution in [3.05, 3.63) is 70.2 Å². The van der Waals surface area contributed by atoms with E-state index in [0.717, 1.165) is 5.56 Å². The van der Waals surface area contributed by atoms with Crippen LogP contribution in [0.1, 0.15) is 41.3 Å². The second-order valence-electron chi connectivity index (χ2n) is 8.87. The number of carbonyl (C=O) groups is 2. The first-order chi connectivity index (χ1) is 16.8. The molecule has 1 aliphatic heterocycles. The molecule has 0 N–H and O–H groups in total. The van der Waals surface area contributed by atoms with E-state index in [-0.39, 0.29) is 11.6 Å². The predicted octanol–water partition coefficient (Wildman–Crippen LogP) is 4.37. The molecule has 4 rings (SSSR count). The summed E-state index contributed by atoms with van der Waals surface area (Å²) in [5.74, 6) is 2.93. The van der Waals surface area contributed by atoms with Crippen molar-refractivity contribution in [1.82, 2.24) is 9.88 Å². The average molecular weight is 490 g/mol. The van der Waals surface area contributed by atoms with Crippen LogP contribution in [-0.4, -0.2) is 47.5 Å². The van der Waals surface area contributed by atoms with Crippen LogP contribution in [0.2, 0.25) is 0 Å². The van der Waals surface area contributed by atoms with E-state index in [1.807, 2.05) is 49.1 Å². The van der Waals surface area contributed by atoms with E-state index < -0.39 is 17.5 Å². The van der Waals surface area contributed by atoms with E-state index >= 15 is 0 Å². The van der Waals surface area contributed by atoms with Gasteiger partial charge in [-0.15, -0.1) is 17.8 Å². The number of hydrogen-bond acceptors (Lipinski definition) is 6. The van der Waals surface area contributed by atoms with E-state index in [9.17, 15) is 9.59 Å². The van der Waals surface area contributed by atoms with Gasteiger partial charge in [0, 0.05) is 35.7 Å². The Labute approximate surface area is 209 Å². The SMILES string of the molecule is C#Cc1nc(C(=O)N(c2cc(OC)cc(OC)c2)C2CC(C)(C)N(Cc3ccccc3)C2=O)cs1. The van der Waals surface area contributed by atoms with E-state index in [0.29, 0.717) is 35.2 Å². The molecule has 1 aliphatic rings. The highest BCUT2D eigenvalue weighted by Crippen LogP contribution is 2.38. The van der Waals surface area contributed by atoms with Crippen LogP contribution in [0.15, 0.2) is 53.9 Å². The molecule has 35 heavy (non-hydrogen) atoms. The fraction of sp³-hybridized carbons (Fsp3) is 0.296. The van der Waals surface area contributed by atoms with Gasteiger partial charge >= 0.3 is 0 Å². The Morgan fingerprint density at radius 3 is 2.43 bits per heavy atom. The zero-order chi connectivity index (χ0) is 25.2. The second kappa shape index (κ2) is 9.80. The molecule has 1 unspecified atom stereocenters. The molecule has 8 heteroatoms. The van der Waals surface area contributed by atoms with Crippen LogP contribution in [0.3, 0.4) is 0 Å². The molecule has 1 fully saturated rings. The maximum atomic E-state index is 13.9. The lowest BCUT2D eigenvalue weighted by Gasteiger charge is -2.31. The third-order valence-electron chi connectivity index (χ3n) is 6.15. The Balaban J connectivity index is 1.78. The van der Waals surface area contributed by atoms with Crippen molar-refractivity contribution in [2.45, 2.75) is 38.4 Å². The molecule has 0 radical (unpaired) electrons. The molecular weight excluding hydrogens is 462 g/mol. The van der Waals surface area contributed by atoms with E-state index in [2.05, 4.69) is 10.9 Å². The first kappa shape index (κ1) is 24.3. The number of carbonyl (C=O) groups excluding carboxylic acids is 2. The fourth-order valence-electron chi connectivity index (χ4n) is 4.34. The number of hydrogen-bond donors (Lipinski definition) is 0. The third kappa shape index (κ3) is 4.86. The van der Waals surface area contributed by atoms with Gasteiger partial charge < -0.3 is 14.4 Å². The first-order valence-corrected chi connectivity index (χ1v) is 12.0. The highest BCUT2D eigenvalue weighted by atomic mass is 32.1. The lowest BCUT2D eigenvalue weighted by molar-refractivity contribution is -0.132. The molecule has 0 spiro atoms. The van der Waals surface area contributed by atoms with Gasteiger partial charge in [-0.1, -0.05) is 30.3 Å². The minimum atomic E-state index is -0.742. The van der Waals surface area contributed by atoms with Gasteiger partial charge in [0.05, 0.1) is 19.9 Å². The van der Waals surface area contributed by atoms with Crippen molar-refractivity contribution in [2.24, 2.45) is 0 Å². The summed E-state index contributed by atoms with van der Waals surface area (Å²) in [4.78, 5) is 35.3. The molecule has 0 saturated carbocycles. The monoisotopic (exact) mass is 489 g/mol. The van der Waals surface area contributed by atoms with Gasteiger partial charge in [0.2, 0.25) is 5.91 Å². The normalized spacial score (nSPS) is 16.6. The maximum absolute atomic E-state index is 13.9. The second-order valence-corrected chi connectivity index (χ2v) is 9.73. The van der Waals surface area contributed by atoms with Crippen LogP contribution in [0.25, 0.3) is 0 Å². The quantitative estimate of drug-likeness (QED) is 0.461. The van der Waals surface area contributed by atoms with Crippen molar-refractivity contribution in [3.63, 3.8) is 0 Å². The zero-order valence-corrected chi connectivity index (χ0v) is 21.0. The number of methoxy groups -OCH3 is 2. The van der Waals surface area contributed by atoms with Crippen molar-refractivity contribution in [3.8, 4) is 23.8 Å². The third-order valence-corrected chi connectivity index (χ3v) is 6.92. The van der Waals surface area contributed by atoms with Crippen LogP contribution in [0, 0.1) is 12.3 Å². The van der Waals surface area contributed by atoms with Crippen LogP contribution >= 0.6 is 11.3 Å². The highest BCUT2D eigenvalue weighted by molar-refractivity contribution is 7.10. The van der Waals surface area contributed by atoms with Gasteiger partial charge in [0.25, 0.3) is 5.91 Å². The largest absolute Gasteiger partial charge is 0.497 e. The molecule has 1 aromatic heterocycles. The number of nitrogens with zero attached hydrogens (tertiary/aromatic N) is 3. The van der Waals surface area contributed by atoms with Crippen molar-refractivity contribution >= 4 is 28.8 Å². The van der Waals surface area contributed by atoms with Crippen molar-refractivity contribution < 1.29 is 19.1 Å². The van der Waals surface area contributed by atoms with E-state index in [4.69, 9.17) is 15.9 Å². The van der Waals surface area contributed by atoms with Gasteiger partial charge in [-0.25, -0.2) is 4.98 Å². The molecule has 1 saturated heterocycles. The molecule has 7 nitrogen and oxygen atoms in total. The molecule has 2 aromatic carbocycles. The summed E-state index contributed by atoms with van der Waals surface area (Å²) >= 11 is 1.21. The molecular formula is C27H27N3O4S. The summed E-state index contributed by atoms with van der Waals surface area (Å²) < 4.78 is 10.9. The van der Waals surface area contributed by atoms with Gasteiger partial charge in [0.15, 0.2) is 5.01 Å². The van der Waals surface area contributed by atoms with Crippen molar-refractivity contribution in [1.29, 1.82) is 0 Å². The van der Waals surface area contributed by atoms with Gasteiger partial charge in [-0.3, -0.25) is 14.5 Å². The van der Waals surface area contributed by atoms with Crippen LogP contribution in [-0.2, 0) is 11.3 Å². The average Bonchev–Trinajstić information content (AvgIpc) is 3.43. The fourth-order valence-corrected chi connectivity index (χ4v) is 4.94. The molecule has 2 amide bonds. The molecule has 180 valence electrons. The Bertz CT molecular complexity index is 1260. The van der Waals surface area contributed by atoms with E-state index in [1.54, 1.807) is 23.6 Å². The van der Waals surface area contributed by atoms with Crippen LogP contribution < -0.4 is 14.4 Å². The standard InChI is InChI=1S/C27H27N3O4S/c1-6-24-28-22(17-35-24)25(31)30(19-12-20(33-4)14-21(13-19)34-5)23-15-27(2,3)29(26(23)32)16-18-10-8-7-9-11-18/h1,7-14,17,23H,15-16H2,2-5H3. The topological polar surface area (TPSA) is 72.0 Å². The van der Waals surface area contributed by atoms with Gasteiger partial charge in [0.1, 0.15) is 23.2 Å². The lowest BCUT2D eigenvalue weighted by atomic mass is 9.98. The Morgan fingerprint density at radius 1 is 1.20 bits per heavy atom. The number of rotatable bonds is 7. The van der Waals surface area contributed by atoms with Gasteiger partial charge in [-0.05, 0) is 31.8 Å². The molecule has 3 aromatic rings. The Morgan fingerprint density at radius 2 is 1.86 bits per heavy atom. The number of anilines is 1. The molecule has 0 bridgehead atoms. The van der Waals surface area contributed by atoms with Crippen LogP contribution in [0.5, 0.6) is 11.5 Å². The number of ether oxygens (including phenoxy) is 2. The summed E-state index contributed by atoms with van der Waals surface area (Å²) in [7, 11) is 3.07. The minimum Gasteiger partial charge on any atom is -0.497 e. The summed E-state index contributed by atoms with van der Waals surface area (Å²) in [6, 6.07) is 14.2. The Kier molecular flexibility index (Phi) is 6.81. The zero-order valence-electron chi connectivity index (χ0n) is 20.1. The van der Waals surface area contributed by atoms with Crippen LogP contribution in [0.4, 0.5) is 5.69 Å².